The van der Waals surface area contributed by atoms with Gasteiger partial charge in [-0.05, 0) is 0 Å². The Morgan fingerprint density at radius 2 is 2.18 bits per heavy atom. The average Bonchev–Trinajstić information content (AvgIpc) is 3.28. The SMILES string of the molecule is C[CH](c1ccc(OCC(F)(F)F)nc1)[Fe]([CH3])[NH]C(=O)C1CC1. The van der Waals surface area contributed by atoms with Crippen LogP contribution >= 0.6 is 0 Å². The molecule has 1 unspecified atom stereocenters. The van der Waals surface area contributed by atoms with Gasteiger partial charge in [0.05, 0.1) is 0 Å². The van der Waals surface area contributed by atoms with Crippen molar-refractivity contribution in [2.75, 3.05) is 6.61 Å². The van der Waals surface area contributed by atoms with Gasteiger partial charge in [0.25, 0.3) is 0 Å². The fourth-order valence-corrected chi connectivity index (χ4v) is 3.31. The first-order chi connectivity index (χ1) is 10.3. The van der Waals surface area contributed by atoms with Crippen molar-refractivity contribution in [1.29, 1.82) is 0 Å². The topological polar surface area (TPSA) is 51.2 Å². The van der Waals surface area contributed by atoms with Gasteiger partial charge in [0.15, 0.2) is 0 Å². The fraction of sp³-hybridized carbons (Fsp3) is 0.571. The van der Waals surface area contributed by atoms with Crippen LogP contribution < -0.4 is 9.07 Å². The number of carbonyl (C=O) groups is 1. The van der Waals surface area contributed by atoms with Crippen LogP contribution in [-0.2, 0) is 18.9 Å². The van der Waals surface area contributed by atoms with Crippen LogP contribution in [0.25, 0.3) is 0 Å². The second kappa shape index (κ2) is 6.87. The zero-order valence-corrected chi connectivity index (χ0v) is 13.4. The molecule has 0 saturated heterocycles. The standard InChI is InChI=1S/C9H9F3NO.C4H7NO.CH3.Fe/c1-2-7-3-4-8(13-5-7)14-6-9(10,11)12;5-4(6)3-1-2-3;;/h2-5H,6H2,1H3;3H,1-2H2,(H2,5,6);1H3;/q;;;+1/p-1. The van der Waals surface area contributed by atoms with E-state index in [0.717, 1.165) is 18.4 Å². The Labute approximate surface area is 131 Å². The summed E-state index contributed by atoms with van der Waals surface area (Å²) in [6.45, 7) is 0.619. The summed E-state index contributed by atoms with van der Waals surface area (Å²) < 4.78 is 43.8. The van der Waals surface area contributed by atoms with E-state index in [-0.39, 0.29) is 22.5 Å². The van der Waals surface area contributed by atoms with Gasteiger partial charge in [-0.25, -0.2) is 0 Å². The van der Waals surface area contributed by atoms with Gasteiger partial charge in [0.1, 0.15) is 0 Å². The summed E-state index contributed by atoms with van der Waals surface area (Å²) in [4.78, 5) is 15.7. The fourth-order valence-electron chi connectivity index (χ4n) is 1.67. The Morgan fingerprint density at radius 3 is 2.68 bits per heavy atom. The molecule has 2 rings (SSSR count). The van der Waals surface area contributed by atoms with Crippen LogP contribution in [0, 0.1) is 5.92 Å². The summed E-state index contributed by atoms with van der Waals surface area (Å²) in [6.07, 6.45) is -0.957. The number of halogens is 3. The number of pyridine rings is 1. The molecule has 1 aliphatic carbocycles. The number of ether oxygens (including phenoxy) is 1. The molecule has 1 heterocycles. The van der Waals surface area contributed by atoms with Crippen molar-refractivity contribution in [3.05, 3.63) is 23.9 Å². The Balaban J connectivity index is 1.89. The summed E-state index contributed by atoms with van der Waals surface area (Å²) in [5, 5.41) is 0. The van der Waals surface area contributed by atoms with Crippen molar-refractivity contribution in [2.45, 2.75) is 36.6 Å². The molecule has 1 fully saturated rings. The van der Waals surface area contributed by atoms with E-state index in [9.17, 15) is 18.0 Å². The summed E-state index contributed by atoms with van der Waals surface area (Å²) in [5.74, 6) is 2.20. The van der Waals surface area contributed by atoms with Crippen molar-refractivity contribution < 1.29 is 36.8 Å². The van der Waals surface area contributed by atoms with Crippen LogP contribution in [0.2, 0.25) is 5.82 Å². The van der Waals surface area contributed by atoms with Gasteiger partial charge >= 0.3 is 131 Å². The number of hydrogen-bond acceptors (Lipinski definition) is 3. The van der Waals surface area contributed by atoms with Crippen LogP contribution in [0.4, 0.5) is 13.2 Å². The van der Waals surface area contributed by atoms with E-state index in [1.54, 1.807) is 6.07 Å². The van der Waals surface area contributed by atoms with Crippen LogP contribution in [0.5, 0.6) is 5.88 Å². The Hall–Kier alpha value is -1.27. The first-order valence-corrected chi connectivity index (χ1v) is 9.05. The maximum absolute atomic E-state index is 12.1. The van der Waals surface area contributed by atoms with Crippen molar-refractivity contribution in [1.82, 2.24) is 9.32 Å². The number of hydrogen-bond donors (Lipinski definition) is 1. The number of carbonyl (C=O) groups excluding carboxylic acids is 1. The first kappa shape index (κ1) is 17.1. The monoisotopic (exact) mass is 359 g/mol. The normalized spacial score (nSPS) is 16.9. The zero-order valence-electron chi connectivity index (χ0n) is 12.3. The molecule has 0 radical (unpaired) electrons. The minimum absolute atomic E-state index is 0.0575. The molecule has 1 aliphatic rings. The predicted molar refractivity (Wildman–Crippen MR) is 70.9 cm³/mol. The molecule has 0 aliphatic heterocycles. The molecule has 1 aromatic heterocycles. The molecule has 4 nitrogen and oxygen atoms in total. The third kappa shape index (κ3) is 5.17. The molecule has 125 valence electrons. The molecule has 8 heteroatoms. The Bertz CT molecular complexity index is 518. The Morgan fingerprint density at radius 1 is 1.50 bits per heavy atom. The van der Waals surface area contributed by atoms with E-state index in [4.69, 9.17) is 0 Å². The molecule has 1 atom stereocenters. The molecule has 0 spiro atoms. The van der Waals surface area contributed by atoms with Gasteiger partial charge in [-0.2, -0.15) is 0 Å². The predicted octanol–water partition coefficient (Wildman–Crippen LogP) is 3.19. The maximum atomic E-state index is 12.1. The summed E-state index contributed by atoms with van der Waals surface area (Å²) in [6, 6.07) is 3.11. The number of aromatic nitrogens is 1. The average molecular weight is 359 g/mol. The molecule has 0 aromatic carbocycles. The van der Waals surface area contributed by atoms with Crippen molar-refractivity contribution in [3.8, 4) is 5.88 Å². The molecular formula is C14H18F3FeN2O2. The van der Waals surface area contributed by atoms with Crippen molar-refractivity contribution >= 4 is 5.91 Å². The van der Waals surface area contributed by atoms with Gasteiger partial charge in [0, 0.05) is 0 Å². The van der Waals surface area contributed by atoms with Crippen LogP contribution in [-0.4, -0.2) is 23.7 Å². The molecule has 22 heavy (non-hydrogen) atoms. The van der Waals surface area contributed by atoms with Gasteiger partial charge in [0.2, 0.25) is 0 Å². The zero-order chi connectivity index (χ0) is 16.3. The molecule has 1 amide bonds. The third-order valence-corrected chi connectivity index (χ3v) is 5.74. The second-order valence-electron chi connectivity index (χ2n) is 5.14. The van der Waals surface area contributed by atoms with Crippen LogP contribution in [0.1, 0.15) is 30.1 Å². The molecule has 1 N–H and O–H groups in total. The summed E-state index contributed by atoms with van der Waals surface area (Å²) in [5.41, 5.74) is 0.873. The van der Waals surface area contributed by atoms with E-state index in [1.165, 1.54) is 12.3 Å². The number of nitrogens with one attached hydrogen (secondary N) is 1. The summed E-state index contributed by atoms with van der Waals surface area (Å²) in [7, 11) is 0. The van der Waals surface area contributed by atoms with E-state index in [2.05, 4.69) is 14.1 Å². The third-order valence-electron chi connectivity index (χ3n) is 3.23. The summed E-state index contributed by atoms with van der Waals surface area (Å²) >= 11 is -0.939. The van der Waals surface area contributed by atoms with E-state index in [1.807, 2.05) is 12.7 Å². The van der Waals surface area contributed by atoms with Crippen LogP contribution in [0.3, 0.4) is 0 Å². The van der Waals surface area contributed by atoms with Crippen molar-refractivity contribution in [3.63, 3.8) is 0 Å². The van der Waals surface area contributed by atoms with Gasteiger partial charge < -0.3 is 0 Å². The first-order valence-electron chi connectivity index (χ1n) is 6.75. The number of nitrogens with zero attached hydrogens (tertiary/aromatic N) is 1. The van der Waals surface area contributed by atoms with Gasteiger partial charge in [-0.1, -0.05) is 0 Å². The van der Waals surface area contributed by atoms with Gasteiger partial charge in [-0.15, -0.1) is 0 Å². The van der Waals surface area contributed by atoms with E-state index >= 15 is 0 Å². The van der Waals surface area contributed by atoms with Crippen LogP contribution in [0.15, 0.2) is 18.3 Å². The minimum atomic E-state index is -4.38. The molecule has 1 aromatic rings. The number of alkyl halides is 3. The molecule has 1 saturated carbocycles. The molecule has 0 bridgehead atoms. The van der Waals surface area contributed by atoms with E-state index in [0.29, 0.717) is 0 Å². The van der Waals surface area contributed by atoms with E-state index < -0.39 is 26.9 Å². The van der Waals surface area contributed by atoms with Gasteiger partial charge in [-0.3, -0.25) is 0 Å². The Kier molecular flexibility index (Phi) is 5.34. The molecular weight excluding hydrogens is 341 g/mol. The number of amides is 1. The quantitative estimate of drug-likeness (QED) is 0.794. The second-order valence-corrected chi connectivity index (χ2v) is 7.88. The van der Waals surface area contributed by atoms with Crippen molar-refractivity contribution in [2.24, 2.45) is 5.92 Å². The number of rotatable bonds is 6.